The van der Waals surface area contributed by atoms with Gasteiger partial charge in [0.05, 0.1) is 17.4 Å². The minimum Gasteiger partial charge on any atom is -0.466 e. The zero-order chi connectivity index (χ0) is 19.3. The minimum absolute atomic E-state index is 0.146. The number of nitrogens with two attached hydrogens (primary N) is 1. The second kappa shape index (κ2) is 8.24. The van der Waals surface area contributed by atoms with Gasteiger partial charge in [0, 0.05) is 23.4 Å². The molecule has 0 fully saturated rings. The Morgan fingerprint density at radius 3 is 2.69 bits per heavy atom. The number of nitrogen functional groups attached to an aromatic ring is 1. The Hall–Kier alpha value is -3.22. The number of nitro groups is 1. The second-order valence-electron chi connectivity index (χ2n) is 5.63. The van der Waals surface area contributed by atoms with Crippen molar-refractivity contribution in [1.82, 2.24) is 0 Å². The summed E-state index contributed by atoms with van der Waals surface area (Å²) in [5, 5.41) is 10.8. The van der Waals surface area contributed by atoms with Crippen molar-refractivity contribution in [2.75, 3.05) is 12.3 Å². The Bertz CT molecular complexity index is 851. The molecule has 2 aromatic carbocycles. The summed E-state index contributed by atoms with van der Waals surface area (Å²) in [6.45, 7) is 5.53. The fraction of sp³-hybridized carbons (Fsp3) is 0.211. The van der Waals surface area contributed by atoms with Gasteiger partial charge in [-0.3, -0.25) is 14.9 Å². The number of nitrogens with zero attached hydrogens (tertiary/aromatic N) is 1. The first-order valence-corrected chi connectivity index (χ1v) is 7.99. The Kier molecular flexibility index (Phi) is 6.06. The van der Waals surface area contributed by atoms with Gasteiger partial charge in [0.15, 0.2) is 0 Å². The van der Waals surface area contributed by atoms with Crippen molar-refractivity contribution in [3.63, 3.8) is 0 Å². The van der Waals surface area contributed by atoms with Crippen molar-refractivity contribution < 1.29 is 18.8 Å². The van der Waals surface area contributed by atoms with E-state index >= 15 is 0 Å². The summed E-state index contributed by atoms with van der Waals surface area (Å²) in [6, 6.07) is 8.12. The van der Waals surface area contributed by atoms with Crippen LogP contribution in [0.5, 0.6) is 0 Å². The van der Waals surface area contributed by atoms with Crippen LogP contribution in [0.1, 0.15) is 24.8 Å². The summed E-state index contributed by atoms with van der Waals surface area (Å²) in [4.78, 5) is 22.5. The maximum Gasteiger partial charge on any atom is 0.313 e. The van der Waals surface area contributed by atoms with Crippen LogP contribution in [-0.4, -0.2) is 17.5 Å². The predicted octanol–water partition coefficient (Wildman–Crippen LogP) is 4.21. The average molecular weight is 358 g/mol. The fourth-order valence-corrected chi connectivity index (χ4v) is 2.67. The number of non-ortho nitro benzene ring substituents is 1. The molecule has 0 aliphatic rings. The number of esters is 1. The quantitative estimate of drug-likeness (QED) is 0.263. The van der Waals surface area contributed by atoms with Gasteiger partial charge in [-0.25, -0.2) is 4.39 Å². The molecule has 0 saturated heterocycles. The molecule has 1 unspecified atom stereocenters. The number of allylic oxidation sites excluding steroid dienone is 1. The van der Waals surface area contributed by atoms with Crippen molar-refractivity contribution >= 4 is 17.3 Å². The lowest BCUT2D eigenvalue weighted by atomic mass is 9.92. The average Bonchev–Trinajstić information content (AvgIpc) is 2.59. The predicted molar refractivity (Wildman–Crippen MR) is 97.1 cm³/mol. The maximum atomic E-state index is 14.2. The smallest absolute Gasteiger partial charge is 0.313 e. The van der Waals surface area contributed by atoms with Crippen LogP contribution in [0.4, 0.5) is 15.8 Å². The highest BCUT2D eigenvalue weighted by Crippen LogP contribution is 2.33. The maximum absolute atomic E-state index is 14.2. The number of benzene rings is 2. The van der Waals surface area contributed by atoms with Gasteiger partial charge in [0.2, 0.25) is 0 Å². The summed E-state index contributed by atoms with van der Waals surface area (Å²) in [5.41, 5.74) is 7.18. The molecule has 0 radical (unpaired) electrons. The van der Waals surface area contributed by atoms with Crippen molar-refractivity contribution in [1.29, 1.82) is 0 Å². The first-order valence-electron chi connectivity index (χ1n) is 7.99. The number of carbonyl (C=O) groups is 1. The third-order valence-corrected chi connectivity index (χ3v) is 3.85. The molecule has 0 spiro atoms. The van der Waals surface area contributed by atoms with E-state index in [4.69, 9.17) is 10.5 Å². The topological polar surface area (TPSA) is 95.5 Å². The molecule has 7 heteroatoms. The molecule has 0 amide bonds. The number of ether oxygens (including phenoxy) is 1. The Morgan fingerprint density at radius 2 is 2.12 bits per heavy atom. The minimum atomic E-state index is -0.693. The Morgan fingerprint density at radius 1 is 1.38 bits per heavy atom. The molecule has 0 aromatic heterocycles. The van der Waals surface area contributed by atoms with Crippen LogP contribution in [0.15, 0.2) is 49.1 Å². The lowest BCUT2D eigenvalue weighted by molar-refractivity contribution is -0.384. The van der Waals surface area contributed by atoms with Gasteiger partial charge in [0.25, 0.3) is 5.69 Å². The van der Waals surface area contributed by atoms with Crippen molar-refractivity contribution in [2.45, 2.75) is 19.3 Å². The lowest BCUT2D eigenvalue weighted by Crippen LogP contribution is -2.16. The van der Waals surface area contributed by atoms with Crippen LogP contribution in [0.2, 0.25) is 0 Å². The number of carbonyl (C=O) groups excluding carboxylic acids is 1. The van der Waals surface area contributed by atoms with Crippen LogP contribution < -0.4 is 5.73 Å². The third kappa shape index (κ3) is 4.24. The zero-order valence-electron chi connectivity index (χ0n) is 14.3. The summed E-state index contributed by atoms with van der Waals surface area (Å²) >= 11 is 0. The number of anilines is 1. The van der Waals surface area contributed by atoms with E-state index in [9.17, 15) is 19.3 Å². The van der Waals surface area contributed by atoms with E-state index in [1.165, 1.54) is 30.3 Å². The molecule has 136 valence electrons. The molecule has 2 N–H and O–H groups in total. The van der Waals surface area contributed by atoms with E-state index in [1.54, 1.807) is 19.1 Å². The molecule has 0 aliphatic heterocycles. The molecule has 0 saturated carbocycles. The Balaban J connectivity index is 2.51. The molecule has 6 nitrogen and oxygen atoms in total. The number of hydrogen-bond donors (Lipinski definition) is 1. The molecule has 2 rings (SSSR count). The summed E-state index contributed by atoms with van der Waals surface area (Å²) in [7, 11) is 0. The lowest BCUT2D eigenvalue weighted by Gasteiger charge is -2.16. The van der Waals surface area contributed by atoms with Gasteiger partial charge in [-0.05, 0) is 48.7 Å². The normalized spacial score (nSPS) is 11.6. The van der Waals surface area contributed by atoms with Crippen LogP contribution in [0, 0.1) is 15.9 Å². The summed E-state index contributed by atoms with van der Waals surface area (Å²) in [6.07, 6.45) is 1.85. The zero-order valence-corrected chi connectivity index (χ0v) is 14.3. The van der Waals surface area contributed by atoms with Crippen LogP contribution in [0.3, 0.4) is 0 Å². The summed E-state index contributed by atoms with van der Waals surface area (Å²) < 4.78 is 19.2. The highest BCUT2D eigenvalue weighted by atomic mass is 19.1. The van der Waals surface area contributed by atoms with Crippen LogP contribution >= 0.6 is 0 Å². The number of halogens is 1. The highest BCUT2D eigenvalue weighted by molar-refractivity contribution is 5.82. The summed E-state index contributed by atoms with van der Waals surface area (Å²) in [5.74, 6) is -1.71. The van der Waals surface area contributed by atoms with Crippen molar-refractivity contribution in [3.8, 4) is 11.1 Å². The van der Waals surface area contributed by atoms with Crippen molar-refractivity contribution in [3.05, 3.63) is 70.5 Å². The molecular weight excluding hydrogens is 339 g/mol. The molecule has 1 atom stereocenters. The Labute approximate surface area is 150 Å². The van der Waals surface area contributed by atoms with Gasteiger partial charge < -0.3 is 10.5 Å². The highest BCUT2D eigenvalue weighted by Gasteiger charge is 2.22. The standard InChI is InChI=1S/C19H19FN2O4/c1-3-5-17(19(23)26-4-2)13-8-12(9-14(20)10-13)16-7-6-15(22(24)25)11-18(16)21/h3,6-11,17H,1,4-5,21H2,2H3. The SMILES string of the molecule is C=CCC(C(=O)OCC)c1cc(F)cc(-c2ccc([N+](=O)[O-])cc2N)c1. The van der Waals surface area contributed by atoms with Gasteiger partial charge >= 0.3 is 5.97 Å². The van der Waals surface area contributed by atoms with Gasteiger partial charge in [-0.15, -0.1) is 6.58 Å². The first-order chi connectivity index (χ1) is 12.4. The number of hydrogen-bond acceptors (Lipinski definition) is 5. The van der Waals surface area contributed by atoms with E-state index < -0.39 is 22.6 Å². The number of rotatable bonds is 7. The van der Waals surface area contributed by atoms with Crippen molar-refractivity contribution in [2.24, 2.45) is 0 Å². The van der Waals surface area contributed by atoms with Gasteiger partial charge in [-0.1, -0.05) is 6.08 Å². The van der Waals surface area contributed by atoms with E-state index in [0.29, 0.717) is 16.7 Å². The molecular formula is C19H19FN2O4. The molecule has 0 bridgehead atoms. The van der Waals surface area contributed by atoms with Gasteiger partial charge in [0.1, 0.15) is 5.82 Å². The van der Waals surface area contributed by atoms with Crippen LogP contribution in [0.25, 0.3) is 11.1 Å². The van der Waals surface area contributed by atoms with E-state index in [2.05, 4.69) is 6.58 Å². The molecule has 0 heterocycles. The molecule has 0 aliphatic carbocycles. The van der Waals surface area contributed by atoms with Crippen LogP contribution in [-0.2, 0) is 9.53 Å². The second-order valence-corrected chi connectivity index (χ2v) is 5.63. The van der Waals surface area contributed by atoms with Gasteiger partial charge in [-0.2, -0.15) is 0 Å². The molecule has 26 heavy (non-hydrogen) atoms. The third-order valence-electron chi connectivity index (χ3n) is 3.85. The van der Waals surface area contributed by atoms with E-state index in [-0.39, 0.29) is 24.4 Å². The largest absolute Gasteiger partial charge is 0.466 e. The fourth-order valence-electron chi connectivity index (χ4n) is 2.67. The monoisotopic (exact) mass is 358 g/mol. The van der Waals surface area contributed by atoms with E-state index in [1.807, 2.05) is 0 Å². The molecule has 2 aromatic rings. The first kappa shape index (κ1) is 19.1. The van der Waals surface area contributed by atoms with E-state index in [0.717, 1.165) is 0 Å². The number of nitro benzene ring substituents is 1.